The molecule has 0 aliphatic rings. The average Bonchev–Trinajstić information content (AvgIpc) is 2.51. The summed E-state index contributed by atoms with van der Waals surface area (Å²) >= 11 is 0. The van der Waals surface area contributed by atoms with Crippen molar-refractivity contribution >= 4 is 8.80 Å². The second-order valence-electron chi connectivity index (χ2n) is 5.28. The molecule has 0 spiro atoms. The fraction of sp³-hybridized carbons (Fsp3) is 1.00. The van der Waals surface area contributed by atoms with Crippen LogP contribution in [0.3, 0.4) is 0 Å². The molecule has 0 aromatic rings. The van der Waals surface area contributed by atoms with Gasteiger partial charge in [-0.1, -0.05) is 13.8 Å². The topological polar surface area (TPSA) is 86.6 Å². The van der Waals surface area contributed by atoms with Crippen LogP contribution in [0.15, 0.2) is 0 Å². The Bertz CT molecular complexity index is 260. The molecular formula is C15H34O7Si. The van der Waals surface area contributed by atoms with Gasteiger partial charge in [0.05, 0.1) is 39.1 Å². The molecule has 8 heteroatoms. The quantitative estimate of drug-likeness (QED) is 0.318. The zero-order valence-corrected chi connectivity index (χ0v) is 16.0. The van der Waals surface area contributed by atoms with Crippen molar-refractivity contribution in [2.75, 3.05) is 52.9 Å². The molecule has 140 valence electrons. The van der Waals surface area contributed by atoms with Gasteiger partial charge in [0.15, 0.2) is 0 Å². The SMILES string of the molecule is CCO[Si](OCC)(OCCOC(CCO)COCCO)C(C)C. The van der Waals surface area contributed by atoms with Gasteiger partial charge in [0.2, 0.25) is 0 Å². The minimum absolute atomic E-state index is 0.0244. The Labute approximate surface area is 141 Å². The van der Waals surface area contributed by atoms with Crippen LogP contribution in [0.5, 0.6) is 0 Å². The van der Waals surface area contributed by atoms with Gasteiger partial charge < -0.3 is 33.0 Å². The van der Waals surface area contributed by atoms with Crippen molar-refractivity contribution in [3.05, 3.63) is 0 Å². The summed E-state index contributed by atoms with van der Waals surface area (Å²) < 4.78 is 28.5. The number of ether oxygens (including phenoxy) is 2. The van der Waals surface area contributed by atoms with Gasteiger partial charge >= 0.3 is 8.80 Å². The van der Waals surface area contributed by atoms with Gasteiger partial charge in [-0.05, 0) is 20.3 Å². The molecule has 1 unspecified atom stereocenters. The number of hydrogen-bond acceptors (Lipinski definition) is 7. The lowest BCUT2D eigenvalue weighted by Crippen LogP contribution is -2.49. The van der Waals surface area contributed by atoms with E-state index in [-0.39, 0.29) is 31.5 Å². The third-order valence-electron chi connectivity index (χ3n) is 3.13. The van der Waals surface area contributed by atoms with Crippen molar-refractivity contribution in [2.24, 2.45) is 0 Å². The molecule has 7 nitrogen and oxygen atoms in total. The summed E-state index contributed by atoms with van der Waals surface area (Å²) in [6.07, 6.45) is 0.263. The maximum atomic E-state index is 9.04. The summed E-state index contributed by atoms with van der Waals surface area (Å²) in [5, 5.41) is 17.7. The van der Waals surface area contributed by atoms with Crippen molar-refractivity contribution < 1.29 is 33.0 Å². The first-order valence-electron chi connectivity index (χ1n) is 8.39. The first-order valence-corrected chi connectivity index (χ1v) is 10.2. The second-order valence-corrected chi connectivity index (χ2v) is 8.50. The van der Waals surface area contributed by atoms with Crippen LogP contribution in [0.2, 0.25) is 5.54 Å². The van der Waals surface area contributed by atoms with E-state index in [2.05, 4.69) is 0 Å². The molecule has 23 heavy (non-hydrogen) atoms. The molecule has 0 saturated carbocycles. The summed E-state index contributed by atoms with van der Waals surface area (Å²) in [7, 11) is -2.69. The molecule has 0 aliphatic heterocycles. The van der Waals surface area contributed by atoms with E-state index in [1.165, 1.54) is 0 Å². The van der Waals surface area contributed by atoms with Crippen LogP contribution in [0.1, 0.15) is 34.1 Å². The number of rotatable bonds is 16. The van der Waals surface area contributed by atoms with E-state index in [1.54, 1.807) is 0 Å². The molecule has 0 bridgehead atoms. The van der Waals surface area contributed by atoms with Gasteiger partial charge in [-0.15, -0.1) is 0 Å². The summed E-state index contributed by atoms with van der Waals surface area (Å²) in [6.45, 7) is 10.4. The zero-order valence-electron chi connectivity index (χ0n) is 15.0. The van der Waals surface area contributed by atoms with Gasteiger partial charge in [0.25, 0.3) is 0 Å². The normalized spacial score (nSPS) is 13.7. The predicted molar refractivity (Wildman–Crippen MR) is 89.4 cm³/mol. The Hall–Kier alpha value is -0.0631. The Balaban J connectivity index is 4.28. The highest BCUT2D eigenvalue weighted by Gasteiger charge is 2.44. The minimum atomic E-state index is -2.69. The number of aliphatic hydroxyl groups excluding tert-OH is 2. The highest BCUT2D eigenvalue weighted by Crippen LogP contribution is 2.24. The third kappa shape index (κ3) is 9.73. The Kier molecular flexibility index (Phi) is 14.3. The summed E-state index contributed by atoms with van der Waals surface area (Å²) in [4.78, 5) is 0. The van der Waals surface area contributed by atoms with Gasteiger partial charge in [-0.2, -0.15) is 0 Å². The van der Waals surface area contributed by atoms with E-state index in [0.717, 1.165) is 0 Å². The molecule has 0 amide bonds. The molecule has 0 saturated heterocycles. The molecule has 0 aliphatic carbocycles. The van der Waals surface area contributed by atoms with Gasteiger partial charge in [0, 0.05) is 25.4 Å². The fourth-order valence-electron chi connectivity index (χ4n) is 2.06. The highest BCUT2D eigenvalue weighted by atomic mass is 28.4. The van der Waals surface area contributed by atoms with Gasteiger partial charge in [0.1, 0.15) is 0 Å². The molecule has 0 aromatic heterocycles. The van der Waals surface area contributed by atoms with Crippen molar-refractivity contribution in [1.29, 1.82) is 0 Å². The Morgan fingerprint density at radius 3 is 2.00 bits per heavy atom. The zero-order chi connectivity index (χ0) is 17.6. The molecule has 0 heterocycles. The van der Waals surface area contributed by atoms with E-state index in [0.29, 0.717) is 39.5 Å². The first-order chi connectivity index (χ1) is 11.1. The fourth-order valence-corrected chi connectivity index (χ4v) is 4.49. The predicted octanol–water partition coefficient (Wildman–Crippen LogP) is 1.20. The van der Waals surface area contributed by atoms with Crippen LogP contribution in [0.4, 0.5) is 0 Å². The molecule has 1 atom stereocenters. The average molecular weight is 355 g/mol. The van der Waals surface area contributed by atoms with E-state index in [9.17, 15) is 0 Å². The lowest BCUT2D eigenvalue weighted by molar-refractivity contribution is -0.0483. The van der Waals surface area contributed by atoms with Crippen molar-refractivity contribution in [3.63, 3.8) is 0 Å². The van der Waals surface area contributed by atoms with E-state index < -0.39 is 8.80 Å². The minimum Gasteiger partial charge on any atom is -0.396 e. The van der Waals surface area contributed by atoms with Crippen LogP contribution in [-0.2, 0) is 22.8 Å². The molecule has 0 aromatic carbocycles. The number of aliphatic hydroxyl groups is 2. The Morgan fingerprint density at radius 2 is 1.52 bits per heavy atom. The summed E-state index contributed by atoms with van der Waals surface area (Å²) in [6, 6.07) is 0. The second kappa shape index (κ2) is 14.3. The molecule has 0 rings (SSSR count). The van der Waals surface area contributed by atoms with E-state index >= 15 is 0 Å². The van der Waals surface area contributed by atoms with E-state index in [1.807, 2.05) is 27.7 Å². The Morgan fingerprint density at radius 1 is 0.870 bits per heavy atom. The van der Waals surface area contributed by atoms with Crippen LogP contribution >= 0.6 is 0 Å². The lowest BCUT2D eigenvalue weighted by atomic mass is 10.3. The van der Waals surface area contributed by atoms with E-state index in [4.69, 9.17) is 33.0 Å². The number of hydrogen-bond donors (Lipinski definition) is 2. The monoisotopic (exact) mass is 354 g/mol. The van der Waals surface area contributed by atoms with Crippen molar-refractivity contribution in [1.82, 2.24) is 0 Å². The van der Waals surface area contributed by atoms with Crippen LogP contribution < -0.4 is 0 Å². The first kappa shape index (κ1) is 22.9. The third-order valence-corrected chi connectivity index (χ3v) is 6.53. The molecule has 0 fully saturated rings. The summed E-state index contributed by atoms with van der Waals surface area (Å²) in [5.41, 5.74) is 0.170. The standard InChI is InChI=1S/C15H34O7Si/c1-5-20-23(14(3)4,21-6-2)22-12-11-19-15(7-8-16)13-18-10-9-17/h14-17H,5-13H2,1-4H3. The summed E-state index contributed by atoms with van der Waals surface area (Å²) in [5.74, 6) is 0. The lowest BCUT2D eigenvalue weighted by Gasteiger charge is -2.32. The van der Waals surface area contributed by atoms with Gasteiger partial charge in [-0.25, -0.2) is 0 Å². The van der Waals surface area contributed by atoms with Crippen LogP contribution in [0, 0.1) is 0 Å². The molecule has 0 radical (unpaired) electrons. The highest BCUT2D eigenvalue weighted by molar-refractivity contribution is 6.62. The van der Waals surface area contributed by atoms with Crippen molar-refractivity contribution in [2.45, 2.75) is 45.8 Å². The largest absolute Gasteiger partial charge is 0.503 e. The molecule has 2 N–H and O–H groups in total. The van der Waals surface area contributed by atoms with Crippen molar-refractivity contribution in [3.8, 4) is 0 Å². The van der Waals surface area contributed by atoms with Gasteiger partial charge in [-0.3, -0.25) is 0 Å². The van der Waals surface area contributed by atoms with Crippen LogP contribution in [0.25, 0.3) is 0 Å². The smallest absolute Gasteiger partial charge is 0.396 e. The van der Waals surface area contributed by atoms with Crippen LogP contribution in [-0.4, -0.2) is 78.0 Å². The molecular weight excluding hydrogens is 320 g/mol. The maximum Gasteiger partial charge on any atom is 0.503 e. The maximum absolute atomic E-state index is 9.04.